The SMILES string of the molecule is O=C(NCc1cccc(CN2CCCC2=O)c1)Nc1ccccc1-c1nc2ccccc2s1. The molecule has 2 heterocycles. The van der Waals surface area contributed by atoms with Crippen LogP contribution in [0.15, 0.2) is 72.8 Å². The number of para-hydroxylation sites is 2. The van der Waals surface area contributed by atoms with E-state index in [1.807, 2.05) is 77.7 Å². The summed E-state index contributed by atoms with van der Waals surface area (Å²) < 4.78 is 1.11. The Labute approximate surface area is 196 Å². The molecule has 33 heavy (non-hydrogen) atoms. The van der Waals surface area contributed by atoms with Gasteiger partial charge in [-0.25, -0.2) is 9.78 Å². The number of carbonyl (C=O) groups is 2. The quantitative estimate of drug-likeness (QED) is 0.408. The van der Waals surface area contributed by atoms with Gasteiger partial charge in [-0.3, -0.25) is 4.79 Å². The number of thiazole rings is 1. The number of aromatic nitrogens is 1. The van der Waals surface area contributed by atoms with Crippen molar-refractivity contribution in [1.29, 1.82) is 0 Å². The number of urea groups is 1. The third-order valence-electron chi connectivity index (χ3n) is 5.69. The van der Waals surface area contributed by atoms with Crippen LogP contribution in [0.1, 0.15) is 24.0 Å². The Balaban J connectivity index is 1.24. The van der Waals surface area contributed by atoms with Crippen molar-refractivity contribution < 1.29 is 9.59 Å². The molecule has 4 aromatic rings. The summed E-state index contributed by atoms with van der Waals surface area (Å²) in [5.74, 6) is 0.213. The molecule has 166 valence electrons. The van der Waals surface area contributed by atoms with Crippen LogP contribution in [0, 0.1) is 0 Å². The van der Waals surface area contributed by atoms with Gasteiger partial charge in [-0.05, 0) is 41.8 Å². The third kappa shape index (κ3) is 4.88. The highest BCUT2D eigenvalue weighted by Crippen LogP contribution is 2.34. The molecule has 1 aliphatic rings. The molecular weight excluding hydrogens is 432 g/mol. The van der Waals surface area contributed by atoms with Crippen LogP contribution in [0.3, 0.4) is 0 Å². The molecule has 7 heteroatoms. The highest BCUT2D eigenvalue weighted by atomic mass is 32.1. The van der Waals surface area contributed by atoms with Gasteiger partial charge in [-0.1, -0.05) is 48.5 Å². The number of anilines is 1. The van der Waals surface area contributed by atoms with Gasteiger partial charge in [0.15, 0.2) is 0 Å². The first-order valence-corrected chi connectivity index (χ1v) is 11.8. The van der Waals surface area contributed by atoms with E-state index < -0.39 is 0 Å². The fourth-order valence-corrected chi connectivity index (χ4v) is 5.05. The number of hydrogen-bond donors (Lipinski definition) is 2. The van der Waals surface area contributed by atoms with Crippen LogP contribution in [0.5, 0.6) is 0 Å². The Kier molecular flexibility index (Phi) is 6.04. The highest BCUT2D eigenvalue weighted by Gasteiger charge is 2.20. The summed E-state index contributed by atoms with van der Waals surface area (Å²) in [7, 11) is 0. The van der Waals surface area contributed by atoms with E-state index in [9.17, 15) is 9.59 Å². The molecule has 0 saturated carbocycles. The van der Waals surface area contributed by atoms with Gasteiger partial charge in [-0.15, -0.1) is 11.3 Å². The number of amides is 3. The maximum absolute atomic E-state index is 12.7. The number of carbonyl (C=O) groups excluding carboxylic acids is 2. The van der Waals surface area contributed by atoms with Gasteiger partial charge < -0.3 is 15.5 Å². The van der Waals surface area contributed by atoms with Crippen LogP contribution in [0.25, 0.3) is 20.8 Å². The maximum atomic E-state index is 12.7. The van der Waals surface area contributed by atoms with Gasteiger partial charge in [0.1, 0.15) is 5.01 Å². The minimum absolute atomic E-state index is 0.213. The smallest absolute Gasteiger partial charge is 0.319 e. The zero-order valence-corrected chi connectivity index (χ0v) is 18.9. The molecule has 0 spiro atoms. The molecule has 3 amide bonds. The van der Waals surface area contributed by atoms with E-state index in [-0.39, 0.29) is 11.9 Å². The molecule has 6 nitrogen and oxygen atoms in total. The number of likely N-dealkylation sites (tertiary alicyclic amines) is 1. The van der Waals surface area contributed by atoms with Gasteiger partial charge in [0, 0.05) is 31.6 Å². The minimum Gasteiger partial charge on any atom is -0.338 e. The van der Waals surface area contributed by atoms with Crippen LogP contribution in [-0.4, -0.2) is 28.4 Å². The first-order valence-electron chi connectivity index (χ1n) is 11.0. The van der Waals surface area contributed by atoms with Crippen molar-refractivity contribution in [3.05, 3.63) is 83.9 Å². The van der Waals surface area contributed by atoms with Gasteiger partial charge in [0.2, 0.25) is 5.91 Å². The van der Waals surface area contributed by atoms with E-state index in [0.29, 0.717) is 19.5 Å². The van der Waals surface area contributed by atoms with Gasteiger partial charge >= 0.3 is 6.03 Å². The molecule has 0 radical (unpaired) electrons. The Morgan fingerprint density at radius 3 is 2.67 bits per heavy atom. The van der Waals surface area contributed by atoms with Crippen molar-refractivity contribution in [3.63, 3.8) is 0 Å². The van der Waals surface area contributed by atoms with Gasteiger partial charge in [0.05, 0.1) is 15.9 Å². The molecule has 1 aliphatic heterocycles. The molecule has 0 unspecified atom stereocenters. The maximum Gasteiger partial charge on any atom is 0.319 e. The third-order valence-corrected chi connectivity index (χ3v) is 6.76. The number of hydrogen-bond acceptors (Lipinski definition) is 4. The minimum atomic E-state index is -0.274. The highest BCUT2D eigenvalue weighted by molar-refractivity contribution is 7.21. The van der Waals surface area contributed by atoms with Crippen molar-refractivity contribution in [3.8, 4) is 10.6 Å². The van der Waals surface area contributed by atoms with Crippen LogP contribution < -0.4 is 10.6 Å². The molecule has 1 saturated heterocycles. The largest absolute Gasteiger partial charge is 0.338 e. The van der Waals surface area contributed by atoms with Crippen LogP contribution in [0.2, 0.25) is 0 Å². The van der Waals surface area contributed by atoms with Crippen molar-refractivity contribution >= 4 is 39.2 Å². The van der Waals surface area contributed by atoms with Crippen molar-refractivity contribution in [1.82, 2.24) is 15.2 Å². The van der Waals surface area contributed by atoms with Gasteiger partial charge in [-0.2, -0.15) is 0 Å². The predicted octanol–water partition coefficient (Wildman–Crippen LogP) is 5.41. The number of benzene rings is 3. The van der Waals surface area contributed by atoms with Crippen molar-refractivity contribution in [2.24, 2.45) is 0 Å². The number of rotatable bonds is 6. The monoisotopic (exact) mass is 456 g/mol. The summed E-state index contributed by atoms with van der Waals surface area (Å²) in [6, 6.07) is 23.4. The van der Waals surface area contributed by atoms with Crippen LogP contribution in [0.4, 0.5) is 10.5 Å². The van der Waals surface area contributed by atoms with E-state index in [1.165, 1.54) is 0 Å². The topological polar surface area (TPSA) is 74.3 Å². The van der Waals surface area contributed by atoms with Crippen LogP contribution >= 0.6 is 11.3 Å². The summed E-state index contributed by atoms with van der Waals surface area (Å²) in [5, 5.41) is 6.77. The van der Waals surface area contributed by atoms with E-state index >= 15 is 0 Å². The number of fused-ring (bicyclic) bond motifs is 1. The predicted molar refractivity (Wildman–Crippen MR) is 132 cm³/mol. The molecule has 5 rings (SSSR count). The lowest BCUT2D eigenvalue weighted by Gasteiger charge is -2.16. The Bertz CT molecular complexity index is 1280. The fraction of sp³-hybridized carbons (Fsp3) is 0.192. The average Bonchev–Trinajstić information content (AvgIpc) is 3.44. The second kappa shape index (κ2) is 9.42. The average molecular weight is 457 g/mol. The van der Waals surface area contributed by atoms with Gasteiger partial charge in [0.25, 0.3) is 0 Å². The lowest BCUT2D eigenvalue weighted by molar-refractivity contribution is -0.128. The molecular formula is C26H24N4O2S. The summed E-state index contributed by atoms with van der Waals surface area (Å²) in [6.45, 7) is 1.84. The second-order valence-electron chi connectivity index (χ2n) is 8.08. The molecule has 1 fully saturated rings. The zero-order chi connectivity index (χ0) is 22.6. The standard InChI is InChI=1S/C26H24N4O2S/c31-24-13-6-14-30(24)17-19-8-5-7-18(15-19)16-27-26(32)29-21-10-2-1-9-20(21)25-28-22-11-3-4-12-23(22)33-25/h1-5,7-12,15H,6,13-14,16-17H2,(H2,27,29,32). The van der Waals surface area contributed by atoms with E-state index in [1.54, 1.807) is 11.3 Å². The van der Waals surface area contributed by atoms with E-state index in [4.69, 9.17) is 4.98 Å². The lowest BCUT2D eigenvalue weighted by atomic mass is 10.1. The molecule has 1 aromatic heterocycles. The Morgan fingerprint density at radius 1 is 1.00 bits per heavy atom. The van der Waals surface area contributed by atoms with Crippen LogP contribution in [-0.2, 0) is 17.9 Å². The molecule has 0 atom stereocenters. The Hall–Kier alpha value is -3.71. The fourth-order valence-electron chi connectivity index (χ4n) is 4.04. The Morgan fingerprint density at radius 2 is 1.82 bits per heavy atom. The first-order chi connectivity index (χ1) is 16.2. The summed E-state index contributed by atoms with van der Waals surface area (Å²) >= 11 is 1.61. The van der Waals surface area contributed by atoms with E-state index in [0.717, 1.165) is 50.6 Å². The lowest BCUT2D eigenvalue weighted by Crippen LogP contribution is -2.28. The molecule has 0 bridgehead atoms. The number of nitrogens with one attached hydrogen (secondary N) is 2. The molecule has 3 aromatic carbocycles. The van der Waals surface area contributed by atoms with E-state index in [2.05, 4.69) is 10.6 Å². The zero-order valence-electron chi connectivity index (χ0n) is 18.1. The van der Waals surface area contributed by atoms with Crippen molar-refractivity contribution in [2.45, 2.75) is 25.9 Å². The normalized spacial score (nSPS) is 13.5. The summed E-state index contributed by atoms with van der Waals surface area (Å²) in [6.07, 6.45) is 1.57. The second-order valence-corrected chi connectivity index (χ2v) is 9.11. The summed E-state index contributed by atoms with van der Waals surface area (Å²) in [5.41, 5.74) is 4.63. The first kappa shape index (κ1) is 21.2. The molecule has 2 N–H and O–H groups in total. The molecule has 0 aliphatic carbocycles. The summed E-state index contributed by atoms with van der Waals surface area (Å²) in [4.78, 5) is 31.2. The number of nitrogens with zero attached hydrogens (tertiary/aromatic N) is 2. The van der Waals surface area contributed by atoms with Crippen molar-refractivity contribution in [2.75, 3.05) is 11.9 Å².